The molecule has 0 aromatic heterocycles. The van der Waals surface area contributed by atoms with Crippen molar-refractivity contribution >= 4 is 18.1 Å². The highest BCUT2D eigenvalue weighted by Gasteiger charge is 2.14. The van der Waals surface area contributed by atoms with Crippen LogP contribution in [0.5, 0.6) is 0 Å². The lowest BCUT2D eigenvalue weighted by Crippen LogP contribution is -2.30. The summed E-state index contributed by atoms with van der Waals surface area (Å²) < 4.78 is 26.2. The van der Waals surface area contributed by atoms with Crippen molar-refractivity contribution in [2.45, 2.75) is 37.6 Å². The molecule has 0 bridgehead atoms. The van der Waals surface area contributed by atoms with Gasteiger partial charge in [0.25, 0.3) is 0 Å². The first-order chi connectivity index (χ1) is 9.10. The lowest BCUT2D eigenvalue weighted by atomic mass is 10.2. The molecular weight excluding hydrogens is 290 g/mol. The van der Waals surface area contributed by atoms with Gasteiger partial charge in [0, 0.05) is 12.1 Å². The molecule has 4 nitrogen and oxygen atoms in total. The third-order valence-electron chi connectivity index (χ3n) is 2.32. The van der Waals surface area contributed by atoms with Crippen molar-refractivity contribution in [2.75, 3.05) is 6.54 Å². The van der Waals surface area contributed by atoms with Crippen LogP contribution in [-0.4, -0.2) is 34.2 Å². The molecule has 1 unspecified atom stereocenters. The first-order valence-corrected chi connectivity index (χ1v) is 11.4. The van der Waals surface area contributed by atoms with Gasteiger partial charge in [-0.25, -0.2) is 13.1 Å². The van der Waals surface area contributed by atoms with Gasteiger partial charge in [-0.05, 0) is 31.2 Å². The molecule has 1 aromatic carbocycles. The number of rotatable bonds is 4. The normalized spacial score (nSPS) is 13.4. The topological polar surface area (TPSA) is 66.4 Å². The van der Waals surface area contributed by atoms with Gasteiger partial charge in [0.15, 0.2) is 0 Å². The minimum absolute atomic E-state index is 0.000482. The summed E-state index contributed by atoms with van der Waals surface area (Å²) in [4.78, 5) is 0.178. The minimum Gasteiger partial charge on any atom is -0.392 e. The van der Waals surface area contributed by atoms with Crippen molar-refractivity contribution in [1.29, 1.82) is 0 Å². The van der Waals surface area contributed by atoms with Gasteiger partial charge in [0.2, 0.25) is 10.0 Å². The van der Waals surface area contributed by atoms with Gasteiger partial charge in [-0.3, -0.25) is 0 Å². The Hall–Kier alpha value is -1.13. The molecule has 0 spiro atoms. The molecule has 0 amide bonds. The van der Waals surface area contributed by atoms with E-state index in [1.54, 1.807) is 12.1 Å². The molecule has 110 valence electrons. The number of nitrogens with one attached hydrogen (secondary N) is 1. The van der Waals surface area contributed by atoms with Gasteiger partial charge in [-0.1, -0.05) is 25.6 Å². The van der Waals surface area contributed by atoms with E-state index < -0.39 is 24.2 Å². The maximum atomic E-state index is 11.9. The van der Waals surface area contributed by atoms with Crippen LogP contribution in [0.1, 0.15) is 12.5 Å². The second-order valence-corrected chi connectivity index (χ2v) is 12.2. The highest BCUT2D eigenvalue weighted by Crippen LogP contribution is 2.10. The van der Waals surface area contributed by atoms with Gasteiger partial charge in [-0.2, -0.15) is 0 Å². The Kier molecular flexibility index (Phi) is 5.54. The summed E-state index contributed by atoms with van der Waals surface area (Å²) in [6.07, 6.45) is -0.716. The Morgan fingerprint density at radius 2 is 1.80 bits per heavy atom. The van der Waals surface area contributed by atoms with Crippen LogP contribution in [0.15, 0.2) is 29.2 Å². The zero-order chi connectivity index (χ0) is 15.4. The number of aliphatic hydroxyl groups is 1. The smallest absolute Gasteiger partial charge is 0.240 e. The molecule has 20 heavy (non-hydrogen) atoms. The molecule has 0 radical (unpaired) electrons. The first kappa shape index (κ1) is 16.9. The van der Waals surface area contributed by atoms with Crippen LogP contribution < -0.4 is 4.72 Å². The van der Waals surface area contributed by atoms with E-state index in [2.05, 4.69) is 35.8 Å². The predicted octanol–water partition coefficient (Wildman–Crippen LogP) is 1.57. The SMILES string of the molecule is CC(O)CNS(=O)(=O)c1ccc(C#C[Si](C)(C)C)cc1. The molecule has 0 aliphatic rings. The molecule has 1 rings (SSSR count). The highest BCUT2D eigenvalue weighted by atomic mass is 32.2. The van der Waals surface area contributed by atoms with Crippen LogP contribution >= 0.6 is 0 Å². The second kappa shape index (κ2) is 6.55. The first-order valence-electron chi connectivity index (χ1n) is 6.41. The van der Waals surface area contributed by atoms with E-state index >= 15 is 0 Å². The predicted molar refractivity (Wildman–Crippen MR) is 83.5 cm³/mol. The summed E-state index contributed by atoms with van der Waals surface area (Å²) in [6.45, 7) is 7.98. The molecular formula is C14H21NO3SSi. The molecule has 2 N–H and O–H groups in total. The van der Waals surface area contributed by atoms with Crippen LogP contribution in [0.3, 0.4) is 0 Å². The van der Waals surface area contributed by atoms with Gasteiger partial charge in [0.05, 0.1) is 11.0 Å². The molecule has 0 aliphatic heterocycles. The van der Waals surface area contributed by atoms with Crippen molar-refractivity contribution < 1.29 is 13.5 Å². The average Bonchev–Trinajstić information content (AvgIpc) is 2.34. The molecule has 0 saturated heterocycles. The summed E-state index contributed by atoms with van der Waals surface area (Å²) in [5.41, 5.74) is 4.03. The van der Waals surface area contributed by atoms with E-state index in [0.717, 1.165) is 5.56 Å². The number of benzene rings is 1. The van der Waals surface area contributed by atoms with E-state index in [0.29, 0.717) is 0 Å². The van der Waals surface area contributed by atoms with Crippen LogP contribution in [0.25, 0.3) is 0 Å². The van der Waals surface area contributed by atoms with Crippen molar-refractivity contribution in [3.63, 3.8) is 0 Å². The Labute approximate surface area is 122 Å². The van der Waals surface area contributed by atoms with Crippen molar-refractivity contribution in [2.24, 2.45) is 0 Å². The second-order valence-electron chi connectivity index (χ2n) is 5.73. The number of aliphatic hydroxyl groups excluding tert-OH is 1. The third-order valence-corrected chi connectivity index (χ3v) is 4.63. The van der Waals surface area contributed by atoms with Crippen molar-refractivity contribution in [1.82, 2.24) is 4.72 Å². The molecule has 0 fully saturated rings. The summed E-state index contributed by atoms with van der Waals surface area (Å²) in [6, 6.07) is 6.45. The van der Waals surface area contributed by atoms with E-state index in [1.165, 1.54) is 19.1 Å². The Bertz CT molecular complexity index is 605. The standard InChI is InChI=1S/C14H21NO3SSi/c1-12(16)11-15-19(17,18)14-7-5-13(6-8-14)9-10-20(2,3)4/h5-8,12,15-16H,11H2,1-4H3. The largest absolute Gasteiger partial charge is 0.392 e. The van der Waals surface area contributed by atoms with Gasteiger partial charge < -0.3 is 5.11 Å². The number of sulfonamides is 1. The van der Waals surface area contributed by atoms with Crippen molar-refractivity contribution in [3.8, 4) is 11.5 Å². The lowest BCUT2D eigenvalue weighted by molar-refractivity contribution is 0.198. The Balaban J connectivity index is 2.88. The lowest BCUT2D eigenvalue weighted by Gasteiger charge is -2.08. The van der Waals surface area contributed by atoms with E-state index in [-0.39, 0.29) is 11.4 Å². The monoisotopic (exact) mass is 311 g/mol. The van der Waals surface area contributed by atoms with Gasteiger partial charge in [-0.15, -0.1) is 5.54 Å². The third kappa shape index (κ3) is 5.88. The average molecular weight is 311 g/mol. The Morgan fingerprint density at radius 1 is 1.25 bits per heavy atom. The molecule has 1 aromatic rings. The fourth-order valence-corrected chi connectivity index (χ4v) is 2.93. The molecule has 0 saturated carbocycles. The van der Waals surface area contributed by atoms with Crippen LogP contribution in [0, 0.1) is 11.5 Å². The van der Waals surface area contributed by atoms with E-state index in [1.807, 2.05) is 0 Å². The van der Waals surface area contributed by atoms with E-state index in [4.69, 9.17) is 5.11 Å². The summed E-state index contributed by atoms with van der Waals surface area (Å²) in [7, 11) is -5.00. The quantitative estimate of drug-likeness (QED) is 0.655. The number of hydrogen-bond acceptors (Lipinski definition) is 3. The van der Waals surface area contributed by atoms with E-state index in [9.17, 15) is 8.42 Å². The fraction of sp³-hybridized carbons (Fsp3) is 0.429. The van der Waals surface area contributed by atoms with Crippen LogP contribution in [-0.2, 0) is 10.0 Å². The van der Waals surface area contributed by atoms with Crippen LogP contribution in [0.2, 0.25) is 19.6 Å². The molecule has 0 heterocycles. The van der Waals surface area contributed by atoms with Crippen molar-refractivity contribution in [3.05, 3.63) is 29.8 Å². The summed E-state index contributed by atoms with van der Waals surface area (Å²) >= 11 is 0. The molecule has 6 heteroatoms. The molecule has 1 atom stereocenters. The zero-order valence-corrected chi connectivity index (χ0v) is 14.1. The van der Waals surface area contributed by atoms with Gasteiger partial charge in [0.1, 0.15) is 8.07 Å². The number of hydrogen-bond donors (Lipinski definition) is 2. The minimum atomic E-state index is -3.56. The summed E-state index contributed by atoms with van der Waals surface area (Å²) in [5.74, 6) is 3.07. The maximum absolute atomic E-state index is 11.9. The maximum Gasteiger partial charge on any atom is 0.240 e. The van der Waals surface area contributed by atoms with Crippen LogP contribution in [0.4, 0.5) is 0 Å². The zero-order valence-electron chi connectivity index (χ0n) is 12.3. The summed E-state index contributed by atoms with van der Waals surface area (Å²) in [5, 5.41) is 9.11. The van der Waals surface area contributed by atoms with Gasteiger partial charge >= 0.3 is 0 Å². The highest BCUT2D eigenvalue weighted by molar-refractivity contribution is 7.89. The Morgan fingerprint density at radius 3 is 2.25 bits per heavy atom. The fourth-order valence-electron chi connectivity index (χ4n) is 1.29. The molecule has 0 aliphatic carbocycles.